The van der Waals surface area contributed by atoms with Gasteiger partial charge >= 0.3 is 6.05 Å². The van der Waals surface area contributed by atoms with E-state index in [1.165, 1.54) is 0 Å². The molecule has 0 N–H and O–H groups in total. The standard InChI is InChI=1S/C5H7F4NO/c1-4(6)5(7,8)10(9)2-3-11-4/h2-3H2,1H3. The molecule has 1 unspecified atom stereocenters. The molecule has 1 rings (SSSR count). The summed E-state index contributed by atoms with van der Waals surface area (Å²) < 4.78 is 53.8. The molecule has 0 aromatic rings. The fraction of sp³-hybridized carbons (Fsp3) is 1.00. The van der Waals surface area contributed by atoms with Gasteiger partial charge < -0.3 is 4.74 Å². The molecule has 0 saturated carbocycles. The van der Waals surface area contributed by atoms with E-state index >= 15 is 0 Å². The molecule has 0 aromatic carbocycles. The Bertz CT molecular complexity index is 161. The van der Waals surface area contributed by atoms with Gasteiger partial charge in [-0.3, -0.25) is 0 Å². The van der Waals surface area contributed by atoms with Crippen molar-refractivity contribution in [1.29, 1.82) is 0 Å². The number of alkyl halides is 3. The van der Waals surface area contributed by atoms with E-state index in [4.69, 9.17) is 0 Å². The lowest BCUT2D eigenvalue weighted by Crippen LogP contribution is -2.58. The number of hydrogen-bond donors (Lipinski definition) is 0. The van der Waals surface area contributed by atoms with E-state index in [9.17, 15) is 17.7 Å². The van der Waals surface area contributed by atoms with E-state index in [2.05, 4.69) is 4.74 Å². The van der Waals surface area contributed by atoms with E-state index in [-0.39, 0.29) is 6.61 Å². The van der Waals surface area contributed by atoms with Crippen LogP contribution in [-0.4, -0.2) is 30.2 Å². The molecule has 11 heavy (non-hydrogen) atoms. The third-order valence-electron chi connectivity index (χ3n) is 1.50. The summed E-state index contributed by atoms with van der Waals surface area (Å²) in [6.07, 6.45) is 0. The number of morpholine rings is 1. The van der Waals surface area contributed by atoms with Crippen LogP contribution in [-0.2, 0) is 4.74 Å². The predicted molar refractivity (Wildman–Crippen MR) is 28.2 cm³/mol. The average molecular weight is 173 g/mol. The Hall–Kier alpha value is -0.360. The van der Waals surface area contributed by atoms with Crippen molar-refractivity contribution < 1.29 is 22.4 Å². The highest BCUT2D eigenvalue weighted by Gasteiger charge is 2.60. The molecule has 1 atom stereocenters. The Balaban J connectivity index is 2.82. The van der Waals surface area contributed by atoms with Crippen LogP contribution in [0.15, 0.2) is 0 Å². The Labute approximate surface area is 60.7 Å². The van der Waals surface area contributed by atoms with Crippen LogP contribution in [0.2, 0.25) is 0 Å². The van der Waals surface area contributed by atoms with Crippen molar-refractivity contribution in [2.24, 2.45) is 0 Å². The van der Waals surface area contributed by atoms with Gasteiger partial charge in [0.05, 0.1) is 13.2 Å². The maximum absolute atomic E-state index is 12.6. The molecule has 1 heterocycles. The fourth-order valence-electron chi connectivity index (χ4n) is 0.761. The van der Waals surface area contributed by atoms with Gasteiger partial charge in [-0.05, 0) is 0 Å². The van der Waals surface area contributed by atoms with Crippen molar-refractivity contribution in [2.45, 2.75) is 18.8 Å². The lowest BCUT2D eigenvalue weighted by molar-refractivity contribution is -0.393. The summed E-state index contributed by atoms with van der Waals surface area (Å²) in [5, 5.41) is -0.851. The Kier molecular flexibility index (Phi) is 1.84. The SMILES string of the molecule is CC1(F)OCCN(F)C1(F)F. The number of ether oxygens (including phenoxy) is 1. The van der Waals surface area contributed by atoms with Crippen molar-refractivity contribution in [3.05, 3.63) is 0 Å². The number of hydrogen-bond acceptors (Lipinski definition) is 2. The summed E-state index contributed by atoms with van der Waals surface area (Å²) in [5.41, 5.74) is 0. The van der Waals surface area contributed by atoms with E-state index < -0.39 is 23.6 Å². The average Bonchev–Trinajstić information content (AvgIpc) is 1.84. The Morgan fingerprint density at radius 3 is 2.27 bits per heavy atom. The first kappa shape index (κ1) is 8.73. The summed E-state index contributed by atoms with van der Waals surface area (Å²) in [6, 6.07) is -4.19. The van der Waals surface area contributed by atoms with Crippen molar-refractivity contribution in [1.82, 2.24) is 5.12 Å². The monoisotopic (exact) mass is 173 g/mol. The molecule has 0 spiro atoms. The first-order chi connectivity index (χ1) is 4.88. The van der Waals surface area contributed by atoms with Crippen molar-refractivity contribution >= 4 is 0 Å². The van der Waals surface area contributed by atoms with Crippen LogP contribution in [0.5, 0.6) is 0 Å². The molecule has 1 aliphatic rings. The third-order valence-corrected chi connectivity index (χ3v) is 1.50. The summed E-state index contributed by atoms with van der Waals surface area (Å²) in [4.78, 5) is 0. The van der Waals surface area contributed by atoms with Gasteiger partial charge in [-0.15, -0.1) is 4.48 Å². The second-order valence-corrected chi connectivity index (χ2v) is 2.39. The van der Waals surface area contributed by atoms with Crippen molar-refractivity contribution in [2.75, 3.05) is 13.2 Å². The molecule has 1 aliphatic heterocycles. The zero-order valence-electron chi connectivity index (χ0n) is 5.78. The van der Waals surface area contributed by atoms with Gasteiger partial charge in [0.1, 0.15) is 0 Å². The second kappa shape index (κ2) is 2.31. The van der Waals surface area contributed by atoms with E-state index in [1.54, 1.807) is 0 Å². The quantitative estimate of drug-likeness (QED) is 0.312. The highest BCUT2D eigenvalue weighted by atomic mass is 19.3. The van der Waals surface area contributed by atoms with Crippen LogP contribution >= 0.6 is 0 Å². The smallest absolute Gasteiger partial charge is 0.339 e. The second-order valence-electron chi connectivity index (χ2n) is 2.39. The summed E-state index contributed by atoms with van der Waals surface area (Å²) in [5.74, 6) is -3.24. The topological polar surface area (TPSA) is 12.5 Å². The Morgan fingerprint density at radius 2 is 1.91 bits per heavy atom. The minimum absolute atomic E-state index is 0.376. The summed E-state index contributed by atoms with van der Waals surface area (Å²) in [7, 11) is 0. The Morgan fingerprint density at radius 1 is 1.36 bits per heavy atom. The lowest BCUT2D eigenvalue weighted by Gasteiger charge is -2.37. The van der Waals surface area contributed by atoms with Crippen LogP contribution in [0.4, 0.5) is 17.7 Å². The first-order valence-electron chi connectivity index (χ1n) is 3.02. The highest BCUT2D eigenvalue weighted by Crippen LogP contribution is 2.39. The fourth-order valence-corrected chi connectivity index (χ4v) is 0.761. The highest BCUT2D eigenvalue weighted by molar-refractivity contribution is 4.82. The molecular weight excluding hydrogens is 166 g/mol. The third kappa shape index (κ3) is 1.20. The number of nitrogens with zero attached hydrogens (tertiary/aromatic N) is 1. The van der Waals surface area contributed by atoms with Crippen molar-refractivity contribution in [3.63, 3.8) is 0 Å². The number of halogens is 4. The van der Waals surface area contributed by atoms with Gasteiger partial charge in [-0.2, -0.15) is 8.78 Å². The summed E-state index contributed by atoms with van der Waals surface area (Å²) in [6.45, 7) is -0.496. The predicted octanol–water partition coefficient (Wildman–Crippen LogP) is 1.48. The molecule has 6 heteroatoms. The first-order valence-corrected chi connectivity index (χ1v) is 3.02. The van der Waals surface area contributed by atoms with E-state index in [0.717, 1.165) is 0 Å². The number of rotatable bonds is 0. The molecule has 2 nitrogen and oxygen atoms in total. The lowest BCUT2D eigenvalue weighted by atomic mass is 10.2. The van der Waals surface area contributed by atoms with Gasteiger partial charge in [0.15, 0.2) is 0 Å². The van der Waals surface area contributed by atoms with Gasteiger partial charge in [-0.25, -0.2) is 4.39 Å². The maximum atomic E-state index is 12.6. The maximum Gasteiger partial charge on any atom is 0.387 e. The molecule has 66 valence electrons. The van der Waals surface area contributed by atoms with Gasteiger partial charge in [0, 0.05) is 6.92 Å². The van der Waals surface area contributed by atoms with Crippen LogP contribution in [0.25, 0.3) is 0 Å². The molecule has 0 bridgehead atoms. The van der Waals surface area contributed by atoms with Crippen LogP contribution in [0.3, 0.4) is 0 Å². The molecule has 0 radical (unpaired) electrons. The van der Waals surface area contributed by atoms with Gasteiger partial charge in [0.25, 0.3) is 5.85 Å². The molecule has 0 amide bonds. The van der Waals surface area contributed by atoms with Gasteiger partial charge in [0.2, 0.25) is 0 Å². The van der Waals surface area contributed by atoms with Crippen LogP contribution in [0, 0.1) is 0 Å². The molecule has 0 aromatic heterocycles. The zero-order valence-corrected chi connectivity index (χ0v) is 5.78. The summed E-state index contributed by atoms with van der Waals surface area (Å²) >= 11 is 0. The van der Waals surface area contributed by atoms with Crippen LogP contribution in [0.1, 0.15) is 6.92 Å². The van der Waals surface area contributed by atoms with E-state index in [1.807, 2.05) is 0 Å². The van der Waals surface area contributed by atoms with E-state index in [0.29, 0.717) is 6.92 Å². The van der Waals surface area contributed by atoms with Crippen LogP contribution < -0.4 is 0 Å². The minimum Gasteiger partial charge on any atom is -0.339 e. The largest absolute Gasteiger partial charge is 0.387 e. The minimum atomic E-state index is -4.19. The molecule has 1 fully saturated rings. The zero-order chi connectivity index (χ0) is 8.70. The van der Waals surface area contributed by atoms with Crippen molar-refractivity contribution in [3.8, 4) is 0 Å². The molecule has 1 saturated heterocycles. The van der Waals surface area contributed by atoms with Gasteiger partial charge in [-0.1, -0.05) is 5.12 Å². The molecule has 0 aliphatic carbocycles. The normalized spacial score (nSPS) is 39.0. The molecular formula is C5H7F4NO.